The summed E-state index contributed by atoms with van der Waals surface area (Å²) in [6.07, 6.45) is 4.51. The summed E-state index contributed by atoms with van der Waals surface area (Å²) in [5.41, 5.74) is 3.36. The van der Waals surface area contributed by atoms with E-state index in [4.69, 9.17) is 0 Å². The van der Waals surface area contributed by atoms with E-state index in [-0.39, 0.29) is 11.6 Å². The van der Waals surface area contributed by atoms with Crippen LogP contribution in [-0.4, -0.2) is 23.5 Å². The first-order valence-corrected chi connectivity index (χ1v) is 13.1. The highest BCUT2D eigenvalue weighted by Gasteiger charge is 2.50. The summed E-state index contributed by atoms with van der Waals surface area (Å²) in [6, 6.07) is 13.1. The van der Waals surface area contributed by atoms with Crippen LogP contribution in [0.1, 0.15) is 78.8 Å². The summed E-state index contributed by atoms with van der Waals surface area (Å²) in [7, 11) is 0. The second-order valence-corrected chi connectivity index (χ2v) is 11.1. The number of benzene rings is 2. The monoisotopic (exact) mass is 482 g/mol. The quantitative estimate of drug-likeness (QED) is 0.436. The minimum absolute atomic E-state index is 0.0204. The fraction of sp³-hybridized carbons (Fsp3) is 0.533. The zero-order chi connectivity index (χ0) is 24.8. The molecule has 2 aromatic rings. The summed E-state index contributed by atoms with van der Waals surface area (Å²) in [6.45, 7) is 10.1. The topological polar surface area (TPSA) is 15.3 Å². The molecule has 1 N–H and O–H groups in total. The number of nitrogens with zero attached hydrogens (tertiary/aromatic N) is 1. The number of nitrogens with one attached hydrogen (secondary N) is 1. The van der Waals surface area contributed by atoms with Crippen molar-refractivity contribution in [3.8, 4) is 0 Å². The van der Waals surface area contributed by atoms with Gasteiger partial charge in [0.15, 0.2) is 0 Å². The molecule has 0 radical (unpaired) electrons. The van der Waals surface area contributed by atoms with Crippen LogP contribution in [0.2, 0.25) is 0 Å². The van der Waals surface area contributed by atoms with Gasteiger partial charge in [-0.1, -0.05) is 36.9 Å². The van der Waals surface area contributed by atoms with Gasteiger partial charge in [0.25, 0.3) is 0 Å². The molecule has 35 heavy (non-hydrogen) atoms. The van der Waals surface area contributed by atoms with Gasteiger partial charge in [-0.15, -0.1) is 0 Å². The Morgan fingerprint density at radius 2 is 1.54 bits per heavy atom. The van der Waals surface area contributed by atoms with Crippen molar-refractivity contribution in [2.24, 2.45) is 11.8 Å². The first kappa shape index (κ1) is 24.4. The molecule has 2 saturated carbocycles. The zero-order valence-electron chi connectivity index (χ0n) is 20.9. The number of likely N-dealkylation sites (tertiary alicyclic amines) is 1. The summed E-state index contributed by atoms with van der Waals surface area (Å²) < 4.78 is 40.1. The van der Waals surface area contributed by atoms with Gasteiger partial charge in [-0.05, 0) is 113 Å². The first-order valence-electron chi connectivity index (χ1n) is 13.1. The standard InChI is InChI=1S/C30H37F3N2/c1-20-18-26(30(31,32)33)19-21(2)27(20)22(3)34-28(25-8-5-4-6-9-25)29(14-7-15-29)35-16-12-24(13-17-35)23-10-11-23/h4-6,8-9,18-19,23-24,28,34H,3,7,10-17H2,1-2H3. The Kier molecular flexibility index (Phi) is 6.50. The van der Waals surface area contributed by atoms with E-state index in [9.17, 15) is 13.2 Å². The Balaban J connectivity index is 1.44. The lowest BCUT2D eigenvalue weighted by atomic mass is 9.67. The maximum Gasteiger partial charge on any atom is 0.416 e. The smallest absolute Gasteiger partial charge is 0.376 e. The van der Waals surface area contributed by atoms with Gasteiger partial charge in [0.05, 0.1) is 11.6 Å². The molecule has 1 saturated heterocycles. The van der Waals surface area contributed by atoms with Crippen molar-refractivity contribution in [2.75, 3.05) is 13.1 Å². The predicted octanol–water partition coefficient (Wildman–Crippen LogP) is 7.67. The summed E-state index contributed by atoms with van der Waals surface area (Å²) in [4.78, 5) is 2.72. The molecule has 0 aromatic heterocycles. The molecule has 3 aliphatic rings. The number of hydrogen-bond donors (Lipinski definition) is 1. The van der Waals surface area contributed by atoms with Gasteiger partial charge in [0.1, 0.15) is 0 Å². The largest absolute Gasteiger partial charge is 0.416 e. The summed E-state index contributed by atoms with van der Waals surface area (Å²) in [5, 5.41) is 3.76. The lowest BCUT2D eigenvalue weighted by Crippen LogP contribution is -2.62. The second-order valence-electron chi connectivity index (χ2n) is 11.1. The molecule has 1 unspecified atom stereocenters. The number of aryl methyl sites for hydroxylation is 2. The number of alkyl halides is 3. The molecule has 1 aliphatic heterocycles. The van der Waals surface area contributed by atoms with Crippen LogP contribution in [0.5, 0.6) is 0 Å². The number of hydrogen-bond acceptors (Lipinski definition) is 2. The van der Waals surface area contributed by atoms with E-state index in [0.29, 0.717) is 16.8 Å². The van der Waals surface area contributed by atoms with Crippen LogP contribution >= 0.6 is 0 Å². The Labute approximate surface area is 207 Å². The molecule has 2 aromatic carbocycles. The number of piperidine rings is 1. The fourth-order valence-corrected chi connectivity index (χ4v) is 6.73. The molecule has 2 aliphatic carbocycles. The summed E-state index contributed by atoms with van der Waals surface area (Å²) >= 11 is 0. The van der Waals surface area contributed by atoms with Crippen LogP contribution in [0.25, 0.3) is 5.70 Å². The normalized spacial score (nSPS) is 21.9. The molecular weight excluding hydrogens is 445 g/mol. The first-order chi connectivity index (χ1) is 16.7. The van der Waals surface area contributed by atoms with Crippen LogP contribution in [0.4, 0.5) is 13.2 Å². The maximum absolute atomic E-state index is 13.4. The average Bonchev–Trinajstić information content (AvgIpc) is 3.63. The zero-order valence-corrected chi connectivity index (χ0v) is 20.9. The molecular formula is C30H37F3N2. The van der Waals surface area contributed by atoms with Crippen LogP contribution in [0.3, 0.4) is 0 Å². The van der Waals surface area contributed by atoms with Gasteiger partial charge in [-0.3, -0.25) is 4.90 Å². The van der Waals surface area contributed by atoms with E-state index in [2.05, 4.69) is 41.1 Å². The van der Waals surface area contributed by atoms with Crippen LogP contribution < -0.4 is 5.32 Å². The highest BCUT2D eigenvalue weighted by molar-refractivity contribution is 5.69. The Hall–Kier alpha value is -2.27. The minimum Gasteiger partial charge on any atom is -0.376 e. The third-order valence-electron chi connectivity index (χ3n) is 8.83. The molecule has 188 valence electrons. The fourth-order valence-electron chi connectivity index (χ4n) is 6.73. The average molecular weight is 483 g/mol. The molecule has 1 heterocycles. The van der Waals surface area contributed by atoms with Gasteiger partial charge < -0.3 is 5.32 Å². The number of halogens is 3. The van der Waals surface area contributed by atoms with E-state index in [0.717, 1.165) is 43.3 Å². The van der Waals surface area contributed by atoms with Crippen molar-refractivity contribution in [1.82, 2.24) is 10.2 Å². The van der Waals surface area contributed by atoms with Gasteiger partial charge in [0.2, 0.25) is 0 Å². The van der Waals surface area contributed by atoms with Gasteiger partial charge in [0, 0.05) is 16.8 Å². The van der Waals surface area contributed by atoms with E-state index >= 15 is 0 Å². The van der Waals surface area contributed by atoms with Crippen molar-refractivity contribution in [3.05, 3.63) is 76.9 Å². The SMILES string of the molecule is C=C(NC(c1ccccc1)C1(N2CCC(C3CC3)CC2)CCC1)c1c(C)cc(C(F)(F)F)cc1C. The molecule has 0 amide bonds. The maximum atomic E-state index is 13.4. The third kappa shape index (κ3) is 4.76. The minimum atomic E-state index is -4.35. The van der Waals surface area contributed by atoms with Crippen molar-refractivity contribution in [2.45, 2.75) is 76.6 Å². The lowest BCUT2D eigenvalue weighted by Gasteiger charge is -2.57. The molecule has 2 nitrogen and oxygen atoms in total. The lowest BCUT2D eigenvalue weighted by molar-refractivity contribution is -0.137. The predicted molar refractivity (Wildman–Crippen MR) is 136 cm³/mol. The van der Waals surface area contributed by atoms with Crippen molar-refractivity contribution in [3.63, 3.8) is 0 Å². The van der Waals surface area contributed by atoms with Crippen LogP contribution in [0, 0.1) is 25.7 Å². The highest BCUT2D eigenvalue weighted by atomic mass is 19.4. The van der Waals surface area contributed by atoms with Crippen molar-refractivity contribution >= 4 is 5.70 Å². The van der Waals surface area contributed by atoms with Crippen LogP contribution in [0.15, 0.2) is 49.0 Å². The molecule has 3 fully saturated rings. The Morgan fingerprint density at radius 3 is 2.03 bits per heavy atom. The molecule has 0 bridgehead atoms. The van der Waals surface area contributed by atoms with Gasteiger partial charge in [-0.25, -0.2) is 0 Å². The van der Waals surface area contributed by atoms with Crippen LogP contribution in [-0.2, 0) is 6.18 Å². The molecule has 1 atom stereocenters. The van der Waals surface area contributed by atoms with E-state index in [1.165, 1.54) is 49.8 Å². The Bertz CT molecular complexity index is 1040. The van der Waals surface area contributed by atoms with E-state index < -0.39 is 11.7 Å². The highest BCUT2D eigenvalue weighted by Crippen LogP contribution is 2.51. The van der Waals surface area contributed by atoms with E-state index in [1.807, 2.05) is 6.07 Å². The van der Waals surface area contributed by atoms with Crippen molar-refractivity contribution < 1.29 is 13.2 Å². The summed E-state index contributed by atoms with van der Waals surface area (Å²) in [5.74, 6) is 1.85. The molecule has 5 heteroatoms. The van der Waals surface area contributed by atoms with Gasteiger partial charge in [-0.2, -0.15) is 13.2 Å². The van der Waals surface area contributed by atoms with E-state index in [1.54, 1.807) is 13.8 Å². The van der Waals surface area contributed by atoms with Crippen molar-refractivity contribution in [1.29, 1.82) is 0 Å². The molecule has 0 spiro atoms. The van der Waals surface area contributed by atoms with Gasteiger partial charge >= 0.3 is 6.18 Å². The Morgan fingerprint density at radius 1 is 0.971 bits per heavy atom. The number of rotatable bonds is 7. The molecule has 5 rings (SSSR count). The third-order valence-corrected chi connectivity index (χ3v) is 8.83. The second kappa shape index (κ2) is 9.31.